The van der Waals surface area contributed by atoms with Gasteiger partial charge in [-0.25, -0.2) is 4.79 Å². The van der Waals surface area contributed by atoms with Gasteiger partial charge in [-0.3, -0.25) is 4.79 Å². The van der Waals surface area contributed by atoms with E-state index in [1.807, 2.05) is 0 Å². The van der Waals surface area contributed by atoms with Gasteiger partial charge >= 0.3 is 6.03 Å². The SMILES string of the molecule is CC(=O)c1ccc(NC(=O)NCc2ccc(Cl)cc2Cl)cc1. The maximum atomic E-state index is 11.8. The summed E-state index contributed by atoms with van der Waals surface area (Å²) in [6.45, 7) is 1.78. The number of urea groups is 1. The van der Waals surface area contributed by atoms with E-state index in [1.54, 1.807) is 42.5 Å². The highest BCUT2D eigenvalue weighted by Gasteiger charge is 2.05. The summed E-state index contributed by atoms with van der Waals surface area (Å²) in [6, 6.07) is 11.4. The highest BCUT2D eigenvalue weighted by atomic mass is 35.5. The molecular formula is C16H14Cl2N2O2. The summed E-state index contributed by atoms with van der Waals surface area (Å²) >= 11 is 11.8. The Morgan fingerprint density at radius 2 is 1.73 bits per heavy atom. The summed E-state index contributed by atoms with van der Waals surface area (Å²) < 4.78 is 0. The molecule has 114 valence electrons. The van der Waals surface area contributed by atoms with Gasteiger partial charge in [-0.1, -0.05) is 29.3 Å². The number of benzene rings is 2. The van der Waals surface area contributed by atoms with Crippen LogP contribution in [0.5, 0.6) is 0 Å². The first-order valence-corrected chi connectivity index (χ1v) is 7.31. The molecule has 0 aliphatic carbocycles. The minimum Gasteiger partial charge on any atom is -0.334 e. The number of hydrogen-bond acceptors (Lipinski definition) is 2. The second-order valence-electron chi connectivity index (χ2n) is 4.68. The number of Topliss-reactive ketones (excluding diaryl/α,β-unsaturated/α-hetero) is 1. The quantitative estimate of drug-likeness (QED) is 0.806. The van der Waals surface area contributed by atoms with Crippen molar-refractivity contribution in [1.29, 1.82) is 0 Å². The zero-order valence-electron chi connectivity index (χ0n) is 11.8. The number of halogens is 2. The molecule has 0 atom stereocenters. The molecule has 2 aromatic carbocycles. The first-order valence-electron chi connectivity index (χ1n) is 6.55. The average Bonchev–Trinajstić information content (AvgIpc) is 2.47. The van der Waals surface area contributed by atoms with Crippen LogP contribution in [0.4, 0.5) is 10.5 Å². The van der Waals surface area contributed by atoms with Crippen molar-refractivity contribution in [2.45, 2.75) is 13.5 Å². The number of rotatable bonds is 4. The molecule has 0 radical (unpaired) electrons. The van der Waals surface area contributed by atoms with Gasteiger partial charge in [0.1, 0.15) is 0 Å². The number of amides is 2. The van der Waals surface area contributed by atoms with E-state index in [9.17, 15) is 9.59 Å². The third-order valence-corrected chi connectivity index (χ3v) is 3.59. The van der Waals surface area contributed by atoms with Gasteiger partial charge in [0, 0.05) is 27.8 Å². The van der Waals surface area contributed by atoms with Crippen molar-refractivity contribution in [2.75, 3.05) is 5.32 Å². The first kappa shape index (κ1) is 16.3. The number of carbonyl (C=O) groups excluding carboxylic acids is 2. The molecule has 0 fully saturated rings. The Hall–Kier alpha value is -2.04. The van der Waals surface area contributed by atoms with E-state index in [1.165, 1.54) is 6.92 Å². The number of nitrogens with one attached hydrogen (secondary N) is 2. The second kappa shape index (κ2) is 7.29. The third kappa shape index (κ3) is 4.48. The monoisotopic (exact) mass is 336 g/mol. The number of ketones is 1. The van der Waals surface area contributed by atoms with Gasteiger partial charge in [0.05, 0.1) is 0 Å². The normalized spacial score (nSPS) is 10.1. The molecule has 0 aliphatic heterocycles. The summed E-state index contributed by atoms with van der Waals surface area (Å²) in [5.41, 5.74) is 1.97. The van der Waals surface area contributed by atoms with Crippen LogP contribution in [0.15, 0.2) is 42.5 Å². The van der Waals surface area contributed by atoms with Crippen LogP contribution in [-0.4, -0.2) is 11.8 Å². The van der Waals surface area contributed by atoms with Gasteiger partial charge in [0.2, 0.25) is 0 Å². The fraction of sp³-hybridized carbons (Fsp3) is 0.125. The van der Waals surface area contributed by atoms with Crippen LogP contribution in [0, 0.1) is 0 Å². The van der Waals surface area contributed by atoms with Crippen molar-refractivity contribution in [1.82, 2.24) is 5.32 Å². The minimum atomic E-state index is -0.360. The Morgan fingerprint density at radius 3 is 2.32 bits per heavy atom. The molecule has 0 spiro atoms. The van der Waals surface area contributed by atoms with E-state index in [0.29, 0.717) is 21.3 Å². The van der Waals surface area contributed by atoms with Crippen LogP contribution < -0.4 is 10.6 Å². The molecule has 6 heteroatoms. The Kier molecular flexibility index (Phi) is 5.41. The number of hydrogen-bond donors (Lipinski definition) is 2. The molecule has 0 unspecified atom stereocenters. The summed E-state index contributed by atoms with van der Waals surface area (Å²) in [4.78, 5) is 23.0. The van der Waals surface area contributed by atoms with E-state index in [2.05, 4.69) is 10.6 Å². The Morgan fingerprint density at radius 1 is 1.05 bits per heavy atom. The fourth-order valence-electron chi connectivity index (χ4n) is 1.80. The summed E-state index contributed by atoms with van der Waals surface area (Å²) in [6.07, 6.45) is 0. The van der Waals surface area contributed by atoms with E-state index in [4.69, 9.17) is 23.2 Å². The zero-order chi connectivity index (χ0) is 16.1. The predicted molar refractivity (Wildman–Crippen MR) is 88.8 cm³/mol. The lowest BCUT2D eigenvalue weighted by Gasteiger charge is -2.09. The van der Waals surface area contributed by atoms with Crippen molar-refractivity contribution in [3.8, 4) is 0 Å². The number of carbonyl (C=O) groups is 2. The Labute approximate surface area is 138 Å². The Bertz CT molecular complexity index is 700. The molecule has 22 heavy (non-hydrogen) atoms. The lowest BCUT2D eigenvalue weighted by molar-refractivity contribution is 0.101. The fourth-order valence-corrected chi connectivity index (χ4v) is 2.28. The molecule has 0 heterocycles. The second-order valence-corrected chi connectivity index (χ2v) is 5.52. The number of anilines is 1. The van der Waals surface area contributed by atoms with Crippen molar-refractivity contribution < 1.29 is 9.59 Å². The third-order valence-electron chi connectivity index (χ3n) is 3.00. The van der Waals surface area contributed by atoms with Gasteiger partial charge in [0.15, 0.2) is 5.78 Å². The topological polar surface area (TPSA) is 58.2 Å². The van der Waals surface area contributed by atoms with Gasteiger partial charge in [-0.2, -0.15) is 0 Å². The van der Waals surface area contributed by atoms with Gasteiger partial charge in [-0.05, 0) is 48.9 Å². The van der Waals surface area contributed by atoms with Gasteiger partial charge in [-0.15, -0.1) is 0 Å². The molecule has 2 amide bonds. The smallest absolute Gasteiger partial charge is 0.319 e. The van der Waals surface area contributed by atoms with Crippen LogP contribution in [0.25, 0.3) is 0 Å². The molecular weight excluding hydrogens is 323 g/mol. The lowest BCUT2D eigenvalue weighted by atomic mass is 10.1. The molecule has 0 saturated carbocycles. The maximum Gasteiger partial charge on any atom is 0.319 e. The molecule has 0 saturated heterocycles. The molecule has 2 rings (SSSR count). The maximum absolute atomic E-state index is 11.8. The van der Waals surface area contributed by atoms with Crippen LogP contribution in [0.1, 0.15) is 22.8 Å². The highest BCUT2D eigenvalue weighted by Crippen LogP contribution is 2.20. The van der Waals surface area contributed by atoms with E-state index in [0.717, 1.165) is 5.56 Å². The van der Waals surface area contributed by atoms with E-state index < -0.39 is 0 Å². The van der Waals surface area contributed by atoms with Crippen molar-refractivity contribution >= 4 is 40.7 Å². The molecule has 0 aromatic heterocycles. The first-order chi connectivity index (χ1) is 10.5. The Balaban J connectivity index is 1.91. The van der Waals surface area contributed by atoms with E-state index in [-0.39, 0.29) is 18.4 Å². The minimum absolute atomic E-state index is 0.0200. The van der Waals surface area contributed by atoms with E-state index >= 15 is 0 Å². The van der Waals surface area contributed by atoms with Crippen LogP contribution in [0.2, 0.25) is 10.0 Å². The highest BCUT2D eigenvalue weighted by molar-refractivity contribution is 6.35. The predicted octanol–water partition coefficient (Wildman–Crippen LogP) is 4.52. The molecule has 2 N–H and O–H groups in total. The van der Waals surface area contributed by atoms with Crippen molar-refractivity contribution in [3.05, 3.63) is 63.6 Å². The van der Waals surface area contributed by atoms with Crippen molar-refractivity contribution in [3.63, 3.8) is 0 Å². The average molecular weight is 337 g/mol. The summed E-state index contributed by atoms with van der Waals surface area (Å²) in [5.74, 6) is -0.0200. The van der Waals surface area contributed by atoms with Gasteiger partial charge < -0.3 is 10.6 Å². The van der Waals surface area contributed by atoms with Crippen LogP contribution in [-0.2, 0) is 6.54 Å². The molecule has 0 bridgehead atoms. The van der Waals surface area contributed by atoms with Crippen LogP contribution in [0.3, 0.4) is 0 Å². The lowest BCUT2D eigenvalue weighted by Crippen LogP contribution is -2.28. The van der Waals surface area contributed by atoms with Gasteiger partial charge in [0.25, 0.3) is 0 Å². The molecule has 4 nitrogen and oxygen atoms in total. The molecule has 2 aromatic rings. The van der Waals surface area contributed by atoms with Crippen molar-refractivity contribution in [2.24, 2.45) is 0 Å². The summed E-state index contributed by atoms with van der Waals surface area (Å²) in [7, 11) is 0. The standard InChI is InChI=1S/C16H14Cl2N2O2/c1-10(21)11-3-6-14(7-4-11)20-16(22)19-9-12-2-5-13(17)8-15(12)18/h2-8H,9H2,1H3,(H2,19,20,22). The molecule has 0 aliphatic rings. The largest absolute Gasteiger partial charge is 0.334 e. The van der Waals surface area contributed by atoms with Crippen LogP contribution >= 0.6 is 23.2 Å². The zero-order valence-corrected chi connectivity index (χ0v) is 13.3. The summed E-state index contributed by atoms with van der Waals surface area (Å²) in [5, 5.41) is 6.42.